The summed E-state index contributed by atoms with van der Waals surface area (Å²) in [5, 5.41) is 3.85. The molecule has 1 saturated heterocycles. The lowest BCUT2D eigenvalue weighted by molar-refractivity contribution is -0.137. The molecule has 4 nitrogen and oxygen atoms in total. The zero-order chi connectivity index (χ0) is 19.7. The molecule has 1 atom stereocenters. The van der Waals surface area contributed by atoms with Crippen molar-refractivity contribution in [3.05, 3.63) is 71.4 Å². The summed E-state index contributed by atoms with van der Waals surface area (Å²) in [5.74, 6) is 0.256. The highest BCUT2D eigenvalue weighted by molar-refractivity contribution is 5.55. The monoisotopic (exact) mass is 391 g/mol. The minimum atomic E-state index is -4.43. The number of benzene rings is 2. The molecule has 0 amide bonds. The van der Waals surface area contributed by atoms with Gasteiger partial charge in [0.05, 0.1) is 11.5 Å². The van der Waals surface area contributed by atoms with E-state index in [2.05, 4.69) is 15.0 Å². The third-order valence-electron chi connectivity index (χ3n) is 4.86. The summed E-state index contributed by atoms with van der Waals surface area (Å²) in [4.78, 5) is 6.39. The fourth-order valence-electron chi connectivity index (χ4n) is 3.40. The van der Waals surface area contributed by atoms with E-state index in [0.29, 0.717) is 24.5 Å². The molecule has 28 heavy (non-hydrogen) atoms. The molecule has 4 rings (SSSR count). The lowest BCUT2D eigenvalue weighted by Crippen LogP contribution is -2.20. The molecule has 0 aliphatic carbocycles. The lowest BCUT2D eigenvalue weighted by Gasteiger charge is -2.15. The van der Waals surface area contributed by atoms with Crippen LogP contribution in [0.5, 0.6) is 0 Å². The van der Waals surface area contributed by atoms with Crippen molar-refractivity contribution in [3.8, 4) is 11.4 Å². The molecule has 1 aromatic heterocycles. The summed E-state index contributed by atoms with van der Waals surface area (Å²) in [7, 11) is 0. The zero-order valence-corrected chi connectivity index (χ0v) is 14.8. The third-order valence-corrected chi connectivity index (χ3v) is 4.86. The van der Waals surface area contributed by atoms with Crippen LogP contribution in [0.1, 0.15) is 29.4 Å². The largest absolute Gasteiger partial charge is 0.416 e. The van der Waals surface area contributed by atoms with Crippen LogP contribution >= 0.6 is 0 Å². The van der Waals surface area contributed by atoms with Crippen molar-refractivity contribution in [2.24, 2.45) is 0 Å². The highest BCUT2D eigenvalue weighted by Gasteiger charge is 2.32. The van der Waals surface area contributed by atoms with Crippen LogP contribution in [-0.2, 0) is 12.7 Å². The Morgan fingerprint density at radius 1 is 1.11 bits per heavy atom. The third kappa shape index (κ3) is 3.91. The van der Waals surface area contributed by atoms with E-state index < -0.39 is 11.7 Å². The number of alkyl halides is 3. The Hall–Kier alpha value is -2.74. The molecule has 146 valence electrons. The molecule has 2 heterocycles. The van der Waals surface area contributed by atoms with Crippen molar-refractivity contribution in [2.75, 3.05) is 13.1 Å². The molecule has 3 aromatic rings. The number of rotatable bonds is 4. The van der Waals surface area contributed by atoms with Gasteiger partial charge < -0.3 is 4.52 Å². The quantitative estimate of drug-likeness (QED) is 0.595. The molecule has 2 aromatic carbocycles. The summed E-state index contributed by atoms with van der Waals surface area (Å²) in [5.41, 5.74) is 0.123. The predicted octanol–water partition coefficient (Wildman–Crippen LogP) is 4.88. The fraction of sp³-hybridized carbons (Fsp3) is 0.300. The predicted molar refractivity (Wildman–Crippen MR) is 93.8 cm³/mol. The van der Waals surface area contributed by atoms with Crippen molar-refractivity contribution >= 4 is 0 Å². The Labute approximate surface area is 158 Å². The molecule has 1 fully saturated rings. The van der Waals surface area contributed by atoms with Gasteiger partial charge in [-0.1, -0.05) is 35.5 Å². The second-order valence-corrected chi connectivity index (χ2v) is 6.85. The van der Waals surface area contributed by atoms with Gasteiger partial charge in [-0.2, -0.15) is 18.2 Å². The van der Waals surface area contributed by atoms with Crippen molar-refractivity contribution in [1.29, 1.82) is 0 Å². The summed E-state index contributed by atoms with van der Waals surface area (Å²) in [6.07, 6.45) is -3.67. The molecule has 0 radical (unpaired) electrons. The SMILES string of the molecule is Fc1ccccc1CN1CCC(c2nc(-c3cccc(C(F)(F)F)c3)no2)C1. The first-order valence-electron chi connectivity index (χ1n) is 8.87. The number of halogens is 4. The summed E-state index contributed by atoms with van der Waals surface area (Å²) < 4.78 is 57.8. The van der Waals surface area contributed by atoms with E-state index in [1.807, 2.05) is 0 Å². The fourth-order valence-corrected chi connectivity index (χ4v) is 3.40. The Morgan fingerprint density at radius 3 is 2.71 bits per heavy atom. The first-order valence-corrected chi connectivity index (χ1v) is 8.87. The van der Waals surface area contributed by atoms with E-state index in [1.165, 1.54) is 18.2 Å². The number of hydrogen-bond acceptors (Lipinski definition) is 4. The first-order chi connectivity index (χ1) is 13.4. The Bertz CT molecular complexity index is 970. The van der Waals surface area contributed by atoms with E-state index in [0.717, 1.165) is 25.1 Å². The van der Waals surface area contributed by atoms with Gasteiger partial charge in [0.25, 0.3) is 0 Å². The van der Waals surface area contributed by atoms with E-state index in [9.17, 15) is 17.6 Å². The topological polar surface area (TPSA) is 42.2 Å². The summed E-state index contributed by atoms with van der Waals surface area (Å²) >= 11 is 0. The summed E-state index contributed by atoms with van der Waals surface area (Å²) in [6.45, 7) is 1.86. The van der Waals surface area contributed by atoms with Gasteiger partial charge in [0.15, 0.2) is 0 Å². The number of likely N-dealkylation sites (tertiary alicyclic amines) is 1. The maximum absolute atomic E-state index is 13.8. The van der Waals surface area contributed by atoms with Gasteiger partial charge in [-0.3, -0.25) is 4.90 Å². The minimum absolute atomic E-state index is 0.0289. The smallest absolute Gasteiger partial charge is 0.339 e. The summed E-state index contributed by atoms with van der Waals surface area (Å²) in [6, 6.07) is 11.5. The molecule has 0 spiro atoms. The maximum atomic E-state index is 13.8. The van der Waals surface area contributed by atoms with Crippen LogP contribution in [0.4, 0.5) is 17.6 Å². The molecule has 1 unspecified atom stereocenters. The molecule has 1 aliphatic rings. The van der Waals surface area contributed by atoms with Crippen molar-refractivity contribution in [1.82, 2.24) is 15.0 Å². The van der Waals surface area contributed by atoms with Crippen LogP contribution in [0.3, 0.4) is 0 Å². The Balaban J connectivity index is 1.46. The average Bonchev–Trinajstić information content (AvgIpc) is 3.32. The highest BCUT2D eigenvalue weighted by atomic mass is 19.4. The zero-order valence-electron chi connectivity index (χ0n) is 14.8. The van der Waals surface area contributed by atoms with Crippen molar-refractivity contribution in [2.45, 2.75) is 25.1 Å². The van der Waals surface area contributed by atoms with Crippen LogP contribution in [0.25, 0.3) is 11.4 Å². The maximum Gasteiger partial charge on any atom is 0.416 e. The van der Waals surface area contributed by atoms with Gasteiger partial charge in [-0.05, 0) is 31.2 Å². The first kappa shape index (κ1) is 18.6. The van der Waals surface area contributed by atoms with Crippen LogP contribution in [0.2, 0.25) is 0 Å². The highest BCUT2D eigenvalue weighted by Crippen LogP contribution is 2.33. The lowest BCUT2D eigenvalue weighted by atomic mass is 10.1. The van der Waals surface area contributed by atoms with E-state index in [-0.39, 0.29) is 23.1 Å². The molecule has 8 heteroatoms. The average molecular weight is 391 g/mol. The van der Waals surface area contributed by atoms with Crippen LogP contribution in [0, 0.1) is 5.82 Å². The van der Waals surface area contributed by atoms with Gasteiger partial charge >= 0.3 is 6.18 Å². The van der Waals surface area contributed by atoms with Gasteiger partial charge in [0, 0.05) is 24.2 Å². The van der Waals surface area contributed by atoms with Gasteiger partial charge in [-0.25, -0.2) is 4.39 Å². The van der Waals surface area contributed by atoms with E-state index in [4.69, 9.17) is 4.52 Å². The van der Waals surface area contributed by atoms with Crippen LogP contribution in [0.15, 0.2) is 53.1 Å². The number of hydrogen-bond donors (Lipinski definition) is 0. The van der Waals surface area contributed by atoms with Gasteiger partial charge in [0.2, 0.25) is 11.7 Å². The van der Waals surface area contributed by atoms with Gasteiger partial charge in [-0.15, -0.1) is 0 Å². The van der Waals surface area contributed by atoms with Crippen molar-refractivity contribution < 1.29 is 22.1 Å². The number of nitrogens with zero attached hydrogens (tertiary/aromatic N) is 3. The Kier molecular flexibility index (Phi) is 4.89. The van der Waals surface area contributed by atoms with Crippen LogP contribution in [-0.4, -0.2) is 28.1 Å². The molecular weight excluding hydrogens is 374 g/mol. The van der Waals surface area contributed by atoms with Crippen LogP contribution < -0.4 is 0 Å². The second kappa shape index (κ2) is 7.35. The minimum Gasteiger partial charge on any atom is -0.339 e. The van der Waals surface area contributed by atoms with Gasteiger partial charge in [0.1, 0.15) is 5.82 Å². The normalized spacial score (nSPS) is 17.9. The molecule has 0 bridgehead atoms. The van der Waals surface area contributed by atoms with E-state index >= 15 is 0 Å². The molecule has 0 N–H and O–H groups in total. The Morgan fingerprint density at radius 2 is 1.93 bits per heavy atom. The molecular formula is C20H17F4N3O. The standard InChI is InChI=1S/C20H17F4N3O/c21-17-7-2-1-4-14(17)11-27-9-8-15(12-27)19-25-18(26-28-19)13-5-3-6-16(10-13)20(22,23)24/h1-7,10,15H,8-9,11-12H2. The van der Waals surface area contributed by atoms with E-state index in [1.54, 1.807) is 18.2 Å². The van der Waals surface area contributed by atoms with Crippen molar-refractivity contribution in [3.63, 3.8) is 0 Å². The second-order valence-electron chi connectivity index (χ2n) is 6.85. The number of aromatic nitrogens is 2. The molecule has 0 saturated carbocycles. The molecule has 1 aliphatic heterocycles.